The molecular weight excluding hydrogens is 212 g/mol. The lowest BCUT2D eigenvalue weighted by atomic mass is 9.86. The van der Waals surface area contributed by atoms with E-state index >= 15 is 0 Å². The molecule has 0 spiro atoms. The predicted molar refractivity (Wildman–Crippen MR) is 72.0 cm³/mol. The van der Waals surface area contributed by atoms with Crippen LogP contribution in [0.1, 0.15) is 58.3 Å². The second-order valence-electron chi connectivity index (χ2n) is 5.10. The van der Waals surface area contributed by atoms with Gasteiger partial charge in [-0.3, -0.25) is 4.79 Å². The smallest absolute Gasteiger partial charge is 0.220 e. The lowest BCUT2D eigenvalue weighted by Crippen LogP contribution is -2.27. The van der Waals surface area contributed by atoms with Crippen LogP contribution in [-0.4, -0.2) is 25.5 Å². The average molecular weight is 240 g/mol. The topological polar surface area (TPSA) is 41.1 Å². The van der Waals surface area contributed by atoms with Crippen LogP contribution in [0, 0.1) is 5.92 Å². The van der Waals surface area contributed by atoms with Crippen LogP contribution < -0.4 is 10.6 Å². The first-order valence-corrected chi connectivity index (χ1v) is 7.30. The summed E-state index contributed by atoms with van der Waals surface area (Å²) in [6.45, 7) is 4.92. The normalized spacial score (nSPS) is 17.0. The van der Waals surface area contributed by atoms with Crippen LogP contribution in [0.2, 0.25) is 0 Å². The Labute approximate surface area is 106 Å². The van der Waals surface area contributed by atoms with Crippen molar-refractivity contribution in [2.24, 2.45) is 5.92 Å². The van der Waals surface area contributed by atoms with Crippen molar-refractivity contribution in [3.8, 4) is 0 Å². The van der Waals surface area contributed by atoms with Gasteiger partial charge < -0.3 is 10.6 Å². The van der Waals surface area contributed by atoms with Gasteiger partial charge in [-0.05, 0) is 31.8 Å². The summed E-state index contributed by atoms with van der Waals surface area (Å²) in [6, 6.07) is 0. The molecule has 0 saturated heterocycles. The number of amides is 1. The summed E-state index contributed by atoms with van der Waals surface area (Å²) in [5.74, 6) is 1.06. The molecule has 0 aromatic heterocycles. The van der Waals surface area contributed by atoms with Gasteiger partial charge in [0.05, 0.1) is 0 Å². The van der Waals surface area contributed by atoms with Crippen LogP contribution >= 0.6 is 0 Å². The van der Waals surface area contributed by atoms with Gasteiger partial charge in [0.2, 0.25) is 5.91 Å². The fourth-order valence-electron chi connectivity index (χ4n) is 2.52. The molecule has 0 aromatic rings. The maximum atomic E-state index is 11.6. The highest BCUT2D eigenvalue weighted by Gasteiger charge is 2.14. The van der Waals surface area contributed by atoms with E-state index in [4.69, 9.17) is 0 Å². The van der Waals surface area contributed by atoms with Crippen molar-refractivity contribution in [1.82, 2.24) is 10.6 Å². The molecule has 2 N–H and O–H groups in total. The first-order chi connectivity index (χ1) is 8.33. The fourth-order valence-corrected chi connectivity index (χ4v) is 2.52. The minimum Gasteiger partial charge on any atom is -0.356 e. The molecule has 0 aromatic carbocycles. The quantitative estimate of drug-likeness (QED) is 0.640. The average Bonchev–Trinajstić information content (AvgIpc) is 2.37. The molecule has 3 nitrogen and oxygen atoms in total. The van der Waals surface area contributed by atoms with Gasteiger partial charge in [-0.15, -0.1) is 0 Å². The maximum absolute atomic E-state index is 11.6. The summed E-state index contributed by atoms with van der Waals surface area (Å²) in [6.07, 6.45) is 9.67. The molecule has 3 heteroatoms. The Bertz CT molecular complexity index is 200. The number of rotatable bonds is 8. The van der Waals surface area contributed by atoms with E-state index in [1.807, 2.05) is 0 Å². The first-order valence-electron chi connectivity index (χ1n) is 7.30. The van der Waals surface area contributed by atoms with Crippen molar-refractivity contribution in [1.29, 1.82) is 0 Å². The zero-order chi connectivity index (χ0) is 12.3. The van der Waals surface area contributed by atoms with E-state index in [9.17, 15) is 4.79 Å². The van der Waals surface area contributed by atoms with Crippen molar-refractivity contribution in [2.45, 2.75) is 58.3 Å². The van der Waals surface area contributed by atoms with Gasteiger partial charge in [0.1, 0.15) is 0 Å². The number of hydrogen-bond donors (Lipinski definition) is 2. The van der Waals surface area contributed by atoms with Crippen LogP contribution in [0.4, 0.5) is 0 Å². The molecule has 1 aliphatic rings. The van der Waals surface area contributed by atoms with E-state index < -0.39 is 0 Å². The summed E-state index contributed by atoms with van der Waals surface area (Å²) >= 11 is 0. The summed E-state index contributed by atoms with van der Waals surface area (Å²) in [5, 5.41) is 6.26. The van der Waals surface area contributed by atoms with Gasteiger partial charge in [-0.25, -0.2) is 0 Å². The van der Waals surface area contributed by atoms with Crippen LogP contribution in [-0.2, 0) is 4.79 Å². The van der Waals surface area contributed by atoms with Crippen LogP contribution in [0.25, 0.3) is 0 Å². The lowest BCUT2D eigenvalue weighted by Gasteiger charge is -2.20. The molecule has 0 unspecified atom stereocenters. The molecule has 100 valence electrons. The third kappa shape index (κ3) is 7.37. The Morgan fingerprint density at radius 2 is 1.94 bits per heavy atom. The Hall–Kier alpha value is -0.570. The number of nitrogens with one attached hydrogen (secondary N) is 2. The Kier molecular flexibility index (Phi) is 8.06. The van der Waals surface area contributed by atoms with Gasteiger partial charge in [0.15, 0.2) is 0 Å². The van der Waals surface area contributed by atoms with E-state index in [0.717, 1.165) is 44.8 Å². The van der Waals surface area contributed by atoms with Gasteiger partial charge in [0.25, 0.3) is 0 Å². The largest absolute Gasteiger partial charge is 0.356 e. The summed E-state index contributed by atoms with van der Waals surface area (Å²) in [7, 11) is 0. The van der Waals surface area contributed by atoms with Gasteiger partial charge in [-0.1, -0.05) is 39.0 Å². The second kappa shape index (κ2) is 9.46. The number of hydrogen-bond acceptors (Lipinski definition) is 2. The van der Waals surface area contributed by atoms with Crippen LogP contribution in [0.5, 0.6) is 0 Å². The molecular formula is C14H28N2O. The SMILES string of the molecule is CCNCCCNC(=O)CCC1CCCCC1. The Morgan fingerprint density at radius 1 is 1.18 bits per heavy atom. The van der Waals surface area contributed by atoms with E-state index in [2.05, 4.69) is 17.6 Å². The molecule has 17 heavy (non-hydrogen) atoms. The lowest BCUT2D eigenvalue weighted by molar-refractivity contribution is -0.121. The second-order valence-corrected chi connectivity index (χ2v) is 5.10. The maximum Gasteiger partial charge on any atom is 0.220 e. The standard InChI is InChI=1S/C14H28N2O/c1-2-15-11-6-12-16-14(17)10-9-13-7-4-3-5-8-13/h13,15H,2-12H2,1H3,(H,16,17). The van der Waals surface area contributed by atoms with E-state index in [1.54, 1.807) is 0 Å². The molecule has 1 aliphatic carbocycles. The summed E-state index contributed by atoms with van der Waals surface area (Å²) in [5.41, 5.74) is 0. The van der Waals surface area contributed by atoms with Crippen LogP contribution in [0.15, 0.2) is 0 Å². The minimum absolute atomic E-state index is 0.243. The molecule has 0 heterocycles. The highest BCUT2D eigenvalue weighted by Crippen LogP contribution is 2.27. The molecule has 0 aliphatic heterocycles. The van der Waals surface area contributed by atoms with E-state index in [0.29, 0.717) is 0 Å². The van der Waals surface area contributed by atoms with Crippen LogP contribution in [0.3, 0.4) is 0 Å². The zero-order valence-electron chi connectivity index (χ0n) is 11.3. The van der Waals surface area contributed by atoms with Gasteiger partial charge in [-0.2, -0.15) is 0 Å². The number of carbonyl (C=O) groups excluding carboxylic acids is 1. The molecule has 1 saturated carbocycles. The molecule has 1 rings (SSSR count). The molecule has 1 amide bonds. The highest BCUT2D eigenvalue weighted by atomic mass is 16.1. The Morgan fingerprint density at radius 3 is 2.65 bits per heavy atom. The molecule has 0 bridgehead atoms. The third-order valence-corrected chi connectivity index (χ3v) is 3.61. The highest BCUT2D eigenvalue weighted by molar-refractivity contribution is 5.75. The molecule has 0 radical (unpaired) electrons. The van der Waals surface area contributed by atoms with E-state index in [1.165, 1.54) is 32.1 Å². The Balaban J connectivity index is 1.93. The van der Waals surface area contributed by atoms with Crippen molar-refractivity contribution >= 4 is 5.91 Å². The van der Waals surface area contributed by atoms with Crippen molar-refractivity contribution in [3.63, 3.8) is 0 Å². The van der Waals surface area contributed by atoms with Crippen molar-refractivity contribution in [3.05, 3.63) is 0 Å². The van der Waals surface area contributed by atoms with Crippen molar-refractivity contribution in [2.75, 3.05) is 19.6 Å². The zero-order valence-corrected chi connectivity index (χ0v) is 11.3. The first kappa shape index (κ1) is 14.5. The summed E-state index contributed by atoms with van der Waals surface area (Å²) < 4.78 is 0. The number of carbonyl (C=O) groups is 1. The van der Waals surface area contributed by atoms with E-state index in [-0.39, 0.29) is 5.91 Å². The fraction of sp³-hybridized carbons (Fsp3) is 0.929. The van der Waals surface area contributed by atoms with Crippen molar-refractivity contribution < 1.29 is 4.79 Å². The van der Waals surface area contributed by atoms with Gasteiger partial charge in [0, 0.05) is 13.0 Å². The predicted octanol–water partition coefficient (Wildman–Crippen LogP) is 2.46. The molecule has 0 atom stereocenters. The monoisotopic (exact) mass is 240 g/mol. The minimum atomic E-state index is 0.243. The summed E-state index contributed by atoms with van der Waals surface area (Å²) in [4.78, 5) is 11.6. The molecule has 1 fully saturated rings. The third-order valence-electron chi connectivity index (χ3n) is 3.61. The van der Waals surface area contributed by atoms with Gasteiger partial charge >= 0.3 is 0 Å².